The molecular weight excluding hydrogens is 266 g/mol. The molecule has 118 valence electrons. The van der Waals surface area contributed by atoms with Gasteiger partial charge in [0.05, 0.1) is 6.10 Å². The maximum absolute atomic E-state index is 12.0. The van der Waals surface area contributed by atoms with E-state index in [1.807, 2.05) is 19.1 Å². The number of benzene rings is 1. The molecule has 4 nitrogen and oxygen atoms in total. The fraction of sp³-hybridized carbons (Fsp3) is 0.588. The molecule has 0 radical (unpaired) electrons. The second kappa shape index (κ2) is 8.67. The van der Waals surface area contributed by atoms with E-state index in [0.29, 0.717) is 12.2 Å². The lowest BCUT2D eigenvalue weighted by Gasteiger charge is -2.19. The maximum Gasteiger partial charge on any atom is 0.260 e. The Labute approximate surface area is 127 Å². The lowest BCUT2D eigenvalue weighted by molar-refractivity contribution is -0.128. The summed E-state index contributed by atoms with van der Waals surface area (Å²) >= 11 is 0. The van der Waals surface area contributed by atoms with Crippen molar-refractivity contribution in [2.24, 2.45) is 0 Å². The van der Waals surface area contributed by atoms with Crippen LogP contribution in [0.2, 0.25) is 0 Å². The topological polar surface area (TPSA) is 58.6 Å². The summed E-state index contributed by atoms with van der Waals surface area (Å²) in [6.45, 7) is 7.78. The maximum atomic E-state index is 12.0. The minimum atomic E-state index is -0.535. The highest BCUT2D eigenvalue weighted by atomic mass is 16.5. The largest absolute Gasteiger partial charge is 0.481 e. The van der Waals surface area contributed by atoms with Crippen molar-refractivity contribution in [3.8, 4) is 5.75 Å². The fourth-order valence-corrected chi connectivity index (χ4v) is 2.07. The average molecular weight is 293 g/mol. The first-order valence-electron chi connectivity index (χ1n) is 7.76. The number of nitrogens with one attached hydrogen (secondary N) is 1. The van der Waals surface area contributed by atoms with Gasteiger partial charge in [0.25, 0.3) is 5.91 Å². The van der Waals surface area contributed by atoms with Gasteiger partial charge in [-0.3, -0.25) is 4.79 Å². The molecule has 1 aromatic rings. The molecule has 0 aliphatic heterocycles. The van der Waals surface area contributed by atoms with Crippen molar-refractivity contribution in [1.29, 1.82) is 0 Å². The molecule has 0 aliphatic carbocycles. The molecule has 1 aromatic carbocycles. The number of hydrogen-bond acceptors (Lipinski definition) is 3. The van der Waals surface area contributed by atoms with Crippen LogP contribution in [0.3, 0.4) is 0 Å². The molecule has 0 aromatic heterocycles. The SMILES string of the molecule is CCC(CC)NC(=O)C(C)Oc1ccc([C@H](O)CC)cc1. The molecule has 0 heterocycles. The van der Waals surface area contributed by atoms with Crippen molar-refractivity contribution in [2.75, 3.05) is 0 Å². The van der Waals surface area contributed by atoms with Gasteiger partial charge in [-0.15, -0.1) is 0 Å². The van der Waals surface area contributed by atoms with Gasteiger partial charge in [-0.2, -0.15) is 0 Å². The highest BCUT2D eigenvalue weighted by molar-refractivity contribution is 5.81. The zero-order valence-electron chi connectivity index (χ0n) is 13.4. The van der Waals surface area contributed by atoms with E-state index in [1.54, 1.807) is 19.1 Å². The van der Waals surface area contributed by atoms with E-state index in [9.17, 15) is 9.90 Å². The molecule has 2 N–H and O–H groups in total. The molecule has 1 unspecified atom stereocenters. The third-order valence-electron chi connectivity index (χ3n) is 3.67. The third kappa shape index (κ3) is 5.38. The Balaban J connectivity index is 2.58. The van der Waals surface area contributed by atoms with Gasteiger partial charge in [-0.05, 0) is 43.9 Å². The van der Waals surface area contributed by atoms with Gasteiger partial charge < -0.3 is 15.2 Å². The van der Waals surface area contributed by atoms with E-state index in [1.165, 1.54) is 0 Å². The number of ether oxygens (including phenoxy) is 1. The molecular formula is C17H27NO3. The van der Waals surface area contributed by atoms with Crippen molar-refractivity contribution in [2.45, 2.75) is 65.2 Å². The van der Waals surface area contributed by atoms with Crippen LogP contribution in [0.5, 0.6) is 5.75 Å². The molecule has 0 aliphatic rings. The Hall–Kier alpha value is -1.55. The summed E-state index contributed by atoms with van der Waals surface area (Å²) in [5.41, 5.74) is 0.860. The van der Waals surface area contributed by atoms with Crippen LogP contribution in [0.25, 0.3) is 0 Å². The number of rotatable bonds is 8. The Bertz CT molecular complexity index is 426. The number of carbonyl (C=O) groups excluding carboxylic acids is 1. The Morgan fingerprint density at radius 3 is 2.19 bits per heavy atom. The highest BCUT2D eigenvalue weighted by Gasteiger charge is 2.17. The summed E-state index contributed by atoms with van der Waals surface area (Å²) < 4.78 is 5.64. The Kier molecular flexibility index (Phi) is 7.23. The van der Waals surface area contributed by atoms with Crippen LogP contribution in [-0.4, -0.2) is 23.2 Å². The number of hydrogen-bond donors (Lipinski definition) is 2. The zero-order chi connectivity index (χ0) is 15.8. The molecule has 1 rings (SSSR count). The van der Waals surface area contributed by atoms with Crippen molar-refractivity contribution in [3.05, 3.63) is 29.8 Å². The van der Waals surface area contributed by atoms with Crippen molar-refractivity contribution < 1.29 is 14.6 Å². The standard InChI is InChI=1S/C17H27NO3/c1-5-14(6-2)18-17(20)12(4)21-15-10-8-13(9-11-15)16(19)7-3/h8-12,14,16,19H,5-7H2,1-4H3,(H,18,20)/t12?,16-/m1/s1. The molecule has 1 amide bonds. The van der Waals surface area contributed by atoms with E-state index in [2.05, 4.69) is 19.2 Å². The molecule has 4 heteroatoms. The first kappa shape index (κ1) is 17.5. The molecule has 0 saturated heterocycles. The number of aliphatic hydroxyl groups is 1. The molecule has 21 heavy (non-hydrogen) atoms. The number of amides is 1. The molecule has 0 fully saturated rings. The number of aliphatic hydroxyl groups excluding tert-OH is 1. The van der Waals surface area contributed by atoms with Crippen LogP contribution in [0.1, 0.15) is 58.6 Å². The Morgan fingerprint density at radius 1 is 1.14 bits per heavy atom. The van der Waals surface area contributed by atoms with E-state index >= 15 is 0 Å². The molecule has 0 spiro atoms. The van der Waals surface area contributed by atoms with Gasteiger partial charge in [0.1, 0.15) is 5.75 Å². The summed E-state index contributed by atoms with van der Waals surface area (Å²) in [7, 11) is 0. The summed E-state index contributed by atoms with van der Waals surface area (Å²) in [6.07, 6.45) is 1.52. The normalized spacial score (nSPS) is 13.8. The first-order valence-corrected chi connectivity index (χ1v) is 7.76. The van der Waals surface area contributed by atoms with E-state index in [-0.39, 0.29) is 11.9 Å². The van der Waals surface area contributed by atoms with Crippen molar-refractivity contribution in [3.63, 3.8) is 0 Å². The summed E-state index contributed by atoms with van der Waals surface area (Å²) in [4.78, 5) is 12.0. The predicted octanol–water partition coefficient (Wildman–Crippen LogP) is 3.20. The first-order chi connectivity index (χ1) is 10.0. The van der Waals surface area contributed by atoms with Crippen LogP contribution in [0, 0.1) is 0 Å². The summed E-state index contributed by atoms with van der Waals surface area (Å²) in [5.74, 6) is 0.538. The van der Waals surface area contributed by atoms with Crippen molar-refractivity contribution >= 4 is 5.91 Å². The van der Waals surface area contributed by atoms with E-state index in [0.717, 1.165) is 18.4 Å². The van der Waals surface area contributed by atoms with Gasteiger partial charge >= 0.3 is 0 Å². The molecule has 2 atom stereocenters. The zero-order valence-corrected chi connectivity index (χ0v) is 13.4. The van der Waals surface area contributed by atoms with Crippen molar-refractivity contribution in [1.82, 2.24) is 5.32 Å². The highest BCUT2D eigenvalue weighted by Crippen LogP contribution is 2.20. The van der Waals surface area contributed by atoms with Crippen LogP contribution < -0.4 is 10.1 Å². The van der Waals surface area contributed by atoms with Crippen LogP contribution in [-0.2, 0) is 4.79 Å². The number of carbonyl (C=O) groups is 1. The minimum absolute atomic E-state index is 0.0960. The summed E-state index contributed by atoms with van der Waals surface area (Å²) in [6, 6.07) is 7.43. The second-order valence-corrected chi connectivity index (χ2v) is 5.28. The van der Waals surface area contributed by atoms with E-state index in [4.69, 9.17) is 4.74 Å². The summed E-state index contributed by atoms with van der Waals surface area (Å²) in [5, 5.41) is 12.7. The molecule has 0 saturated carbocycles. The molecule has 0 bridgehead atoms. The predicted molar refractivity (Wildman–Crippen MR) is 84.3 cm³/mol. The van der Waals surface area contributed by atoms with Gasteiger partial charge in [0.15, 0.2) is 6.10 Å². The van der Waals surface area contributed by atoms with Gasteiger partial charge in [0.2, 0.25) is 0 Å². The average Bonchev–Trinajstić information content (AvgIpc) is 2.52. The minimum Gasteiger partial charge on any atom is -0.481 e. The van der Waals surface area contributed by atoms with Gasteiger partial charge in [-0.1, -0.05) is 32.9 Å². The fourth-order valence-electron chi connectivity index (χ4n) is 2.07. The van der Waals surface area contributed by atoms with Gasteiger partial charge in [-0.25, -0.2) is 0 Å². The quantitative estimate of drug-likeness (QED) is 0.774. The van der Waals surface area contributed by atoms with Crippen LogP contribution >= 0.6 is 0 Å². The smallest absolute Gasteiger partial charge is 0.260 e. The van der Waals surface area contributed by atoms with E-state index < -0.39 is 12.2 Å². The second-order valence-electron chi connectivity index (χ2n) is 5.28. The lowest BCUT2D eigenvalue weighted by Crippen LogP contribution is -2.42. The van der Waals surface area contributed by atoms with Gasteiger partial charge in [0, 0.05) is 6.04 Å². The third-order valence-corrected chi connectivity index (χ3v) is 3.67. The van der Waals surface area contributed by atoms with Crippen LogP contribution in [0.15, 0.2) is 24.3 Å². The monoisotopic (exact) mass is 293 g/mol. The lowest BCUT2D eigenvalue weighted by atomic mass is 10.1. The Morgan fingerprint density at radius 2 is 1.71 bits per heavy atom. The van der Waals surface area contributed by atoms with Crippen LogP contribution in [0.4, 0.5) is 0 Å².